The van der Waals surface area contributed by atoms with E-state index in [-0.39, 0.29) is 31.1 Å². The highest BCUT2D eigenvalue weighted by Gasteiger charge is 2.23. The number of benzene rings is 2. The third-order valence-electron chi connectivity index (χ3n) is 4.35. The normalized spacial score (nSPS) is 10.5. The number of halogens is 1. The van der Waals surface area contributed by atoms with Gasteiger partial charge in [0.1, 0.15) is 10.6 Å². The van der Waals surface area contributed by atoms with Crippen LogP contribution >= 0.6 is 22.9 Å². The van der Waals surface area contributed by atoms with Gasteiger partial charge in [0, 0.05) is 34.4 Å². The highest BCUT2D eigenvalue weighted by Crippen LogP contribution is 2.36. The predicted molar refractivity (Wildman–Crippen MR) is 119 cm³/mol. The third kappa shape index (κ3) is 5.34. The summed E-state index contributed by atoms with van der Waals surface area (Å²) in [6.07, 6.45) is 0.101. The van der Waals surface area contributed by atoms with Gasteiger partial charge in [0.05, 0.1) is 6.61 Å². The zero-order valence-corrected chi connectivity index (χ0v) is 17.9. The molecule has 154 valence electrons. The molecule has 7 heteroatoms. The van der Waals surface area contributed by atoms with Crippen molar-refractivity contribution in [2.24, 2.45) is 0 Å². The monoisotopic (exact) mass is 441 g/mol. The predicted octanol–water partition coefficient (Wildman–Crippen LogP) is 5.85. The van der Waals surface area contributed by atoms with Crippen LogP contribution in [-0.2, 0) is 9.53 Å². The van der Waals surface area contributed by atoms with Crippen LogP contribution in [0, 0.1) is 0 Å². The van der Waals surface area contributed by atoms with E-state index >= 15 is 0 Å². The highest BCUT2D eigenvalue weighted by molar-refractivity contribution is 7.15. The quantitative estimate of drug-likeness (QED) is 0.351. The van der Waals surface area contributed by atoms with Crippen molar-refractivity contribution in [2.75, 3.05) is 11.9 Å². The SMILES string of the molecule is CCOC(=O)c1c(-c2ccc(Cl)cc2)csc1NC(=O)CCC(=O)c1ccccc1. The summed E-state index contributed by atoms with van der Waals surface area (Å²) < 4.78 is 5.19. The molecule has 5 nitrogen and oxygen atoms in total. The Morgan fingerprint density at radius 2 is 1.70 bits per heavy atom. The molecule has 0 bridgehead atoms. The molecule has 0 saturated carbocycles. The van der Waals surface area contributed by atoms with Crippen molar-refractivity contribution >= 4 is 45.6 Å². The molecule has 0 spiro atoms. The van der Waals surface area contributed by atoms with E-state index in [1.54, 1.807) is 60.8 Å². The van der Waals surface area contributed by atoms with E-state index in [0.717, 1.165) is 5.56 Å². The van der Waals surface area contributed by atoms with Gasteiger partial charge in [-0.15, -0.1) is 11.3 Å². The van der Waals surface area contributed by atoms with Crippen molar-refractivity contribution in [3.8, 4) is 11.1 Å². The standard InChI is InChI=1S/C23H20ClNO4S/c1-2-29-23(28)21-18(15-8-10-17(24)11-9-15)14-30-22(21)25-20(27)13-12-19(26)16-6-4-3-5-7-16/h3-11,14H,2,12-13H2,1H3,(H,25,27). The topological polar surface area (TPSA) is 72.5 Å². The number of thiophene rings is 1. The number of amides is 1. The zero-order valence-electron chi connectivity index (χ0n) is 16.3. The molecule has 1 aromatic heterocycles. The van der Waals surface area contributed by atoms with Gasteiger partial charge < -0.3 is 10.1 Å². The molecule has 0 saturated heterocycles. The van der Waals surface area contributed by atoms with Crippen LogP contribution in [-0.4, -0.2) is 24.3 Å². The first-order chi connectivity index (χ1) is 14.5. The Bertz CT molecular complexity index is 1040. The van der Waals surface area contributed by atoms with Crippen LogP contribution in [0.3, 0.4) is 0 Å². The third-order valence-corrected chi connectivity index (χ3v) is 5.50. The zero-order chi connectivity index (χ0) is 21.5. The number of esters is 1. The molecule has 0 radical (unpaired) electrons. The van der Waals surface area contributed by atoms with Gasteiger partial charge in [0.25, 0.3) is 0 Å². The van der Waals surface area contributed by atoms with Gasteiger partial charge in [-0.1, -0.05) is 54.1 Å². The van der Waals surface area contributed by atoms with Crippen molar-refractivity contribution in [1.29, 1.82) is 0 Å². The van der Waals surface area contributed by atoms with Crippen molar-refractivity contribution < 1.29 is 19.1 Å². The summed E-state index contributed by atoms with van der Waals surface area (Å²) in [7, 11) is 0. The number of hydrogen-bond acceptors (Lipinski definition) is 5. The fourth-order valence-electron chi connectivity index (χ4n) is 2.88. The number of anilines is 1. The highest BCUT2D eigenvalue weighted by atomic mass is 35.5. The summed E-state index contributed by atoms with van der Waals surface area (Å²) in [5.41, 5.74) is 2.31. The summed E-state index contributed by atoms with van der Waals surface area (Å²) in [5.74, 6) is -0.960. The molecule has 2 aromatic carbocycles. The van der Waals surface area contributed by atoms with Gasteiger partial charge in [0.15, 0.2) is 5.78 Å². The van der Waals surface area contributed by atoms with Crippen LogP contribution in [0.15, 0.2) is 60.0 Å². The van der Waals surface area contributed by atoms with Crippen LogP contribution in [0.1, 0.15) is 40.5 Å². The van der Waals surface area contributed by atoms with Crippen LogP contribution in [0.5, 0.6) is 0 Å². The molecule has 0 fully saturated rings. The van der Waals surface area contributed by atoms with Gasteiger partial charge in [-0.05, 0) is 24.6 Å². The largest absolute Gasteiger partial charge is 0.462 e. The maximum absolute atomic E-state index is 12.6. The smallest absolute Gasteiger partial charge is 0.341 e. The lowest BCUT2D eigenvalue weighted by atomic mass is 10.0. The van der Waals surface area contributed by atoms with Crippen molar-refractivity contribution in [3.05, 3.63) is 76.1 Å². The maximum atomic E-state index is 12.6. The lowest BCUT2D eigenvalue weighted by Gasteiger charge is -2.09. The molecule has 1 heterocycles. The first-order valence-electron chi connectivity index (χ1n) is 9.42. The second kappa shape index (κ2) is 10.2. The molecule has 3 aromatic rings. The van der Waals surface area contributed by atoms with Crippen molar-refractivity contribution in [2.45, 2.75) is 19.8 Å². The number of ketones is 1. The lowest BCUT2D eigenvalue weighted by Crippen LogP contribution is -2.15. The second-order valence-corrected chi connectivity index (χ2v) is 7.73. The summed E-state index contributed by atoms with van der Waals surface area (Å²) in [6.45, 7) is 1.94. The minimum atomic E-state index is -0.514. The fourth-order valence-corrected chi connectivity index (χ4v) is 3.98. The maximum Gasteiger partial charge on any atom is 0.341 e. The summed E-state index contributed by atoms with van der Waals surface area (Å²) in [4.78, 5) is 37.2. The summed E-state index contributed by atoms with van der Waals surface area (Å²) >= 11 is 7.19. The van der Waals surface area contributed by atoms with E-state index in [2.05, 4.69) is 5.32 Å². The number of rotatable bonds is 8. The first kappa shape index (κ1) is 21.7. The van der Waals surface area contributed by atoms with E-state index in [1.165, 1.54) is 11.3 Å². The van der Waals surface area contributed by atoms with Crippen molar-refractivity contribution in [3.63, 3.8) is 0 Å². The molecular formula is C23H20ClNO4S. The molecule has 0 unspecified atom stereocenters. The van der Waals surface area contributed by atoms with Crippen molar-refractivity contribution in [1.82, 2.24) is 0 Å². The van der Waals surface area contributed by atoms with E-state index in [9.17, 15) is 14.4 Å². The van der Waals surface area contributed by atoms with Gasteiger partial charge in [-0.2, -0.15) is 0 Å². The Morgan fingerprint density at radius 3 is 2.37 bits per heavy atom. The fraction of sp³-hybridized carbons (Fsp3) is 0.174. The number of carbonyl (C=O) groups is 3. The Morgan fingerprint density at radius 1 is 1.00 bits per heavy atom. The molecule has 3 rings (SSSR count). The van der Waals surface area contributed by atoms with E-state index in [1.807, 2.05) is 6.07 Å². The van der Waals surface area contributed by atoms with E-state index in [4.69, 9.17) is 16.3 Å². The molecule has 1 amide bonds. The number of hydrogen-bond donors (Lipinski definition) is 1. The summed E-state index contributed by atoms with van der Waals surface area (Å²) in [6, 6.07) is 15.9. The lowest BCUT2D eigenvalue weighted by molar-refractivity contribution is -0.116. The van der Waals surface area contributed by atoms with Gasteiger partial charge in [0.2, 0.25) is 5.91 Å². The first-order valence-corrected chi connectivity index (χ1v) is 10.7. The number of Topliss-reactive ketones (excluding diaryl/α,β-unsaturated/α-hetero) is 1. The minimum Gasteiger partial charge on any atom is -0.462 e. The Balaban J connectivity index is 1.76. The molecule has 0 atom stereocenters. The van der Waals surface area contributed by atoms with Gasteiger partial charge in [-0.3, -0.25) is 9.59 Å². The van der Waals surface area contributed by atoms with E-state index in [0.29, 0.717) is 26.7 Å². The van der Waals surface area contributed by atoms with E-state index < -0.39 is 5.97 Å². The molecule has 0 aliphatic heterocycles. The molecule has 30 heavy (non-hydrogen) atoms. The Labute approximate surface area is 183 Å². The van der Waals surface area contributed by atoms with Gasteiger partial charge >= 0.3 is 5.97 Å². The number of nitrogens with one attached hydrogen (secondary N) is 1. The van der Waals surface area contributed by atoms with Crippen LogP contribution in [0.25, 0.3) is 11.1 Å². The molecule has 1 N–H and O–H groups in total. The Hall–Kier alpha value is -2.96. The molecule has 0 aliphatic rings. The minimum absolute atomic E-state index is 0.0180. The average molecular weight is 442 g/mol. The number of carbonyl (C=O) groups excluding carboxylic acids is 3. The Kier molecular flexibility index (Phi) is 7.38. The van der Waals surface area contributed by atoms with Crippen LogP contribution in [0.2, 0.25) is 5.02 Å². The number of ether oxygens (including phenoxy) is 1. The van der Waals surface area contributed by atoms with Gasteiger partial charge in [-0.25, -0.2) is 4.79 Å². The molecular weight excluding hydrogens is 422 g/mol. The average Bonchev–Trinajstić information content (AvgIpc) is 3.17. The summed E-state index contributed by atoms with van der Waals surface area (Å²) in [5, 5.41) is 5.54. The molecule has 0 aliphatic carbocycles. The van der Waals surface area contributed by atoms with Crippen LogP contribution < -0.4 is 5.32 Å². The second-order valence-electron chi connectivity index (χ2n) is 6.42. The van der Waals surface area contributed by atoms with Crippen LogP contribution in [0.4, 0.5) is 5.00 Å².